The van der Waals surface area contributed by atoms with Gasteiger partial charge >= 0.3 is 0 Å². The number of hydrogen-bond donors (Lipinski definition) is 0. The Balaban J connectivity index is 1.41. The molecule has 0 radical (unpaired) electrons. The van der Waals surface area contributed by atoms with E-state index in [0.717, 1.165) is 37.7 Å². The number of ether oxygens (including phenoxy) is 2. The number of aromatic nitrogens is 1. The molecule has 2 aliphatic rings. The van der Waals surface area contributed by atoms with Crippen LogP contribution in [0, 0.1) is 5.41 Å². The summed E-state index contributed by atoms with van der Waals surface area (Å²) in [5.41, 5.74) is 2.95. The van der Waals surface area contributed by atoms with Crippen molar-refractivity contribution in [2.24, 2.45) is 5.41 Å². The fourth-order valence-electron chi connectivity index (χ4n) is 5.01. The molecule has 0 saturated carbocycles. The van der Waals surface area contributed by atoms with E-state index in [1.54, 1.807) is 14.2 Å². The summed E-state index contributed by atoms with van der Waals surface area (Å²) in [5.74, 6) is 1.68. The molecule has 1 unspecified atom stereocenters. The summed E-state index contributed by atoms with van der Waals surface area (Å²) in [6.07, 6.45) is 7.74. The maximum absolute atomic E-state index is 5.64. The number of likely N-dealkylation sites (tertiary alicyclic amines) is 2. The zero-order chi connectivity index (χ0) is 19.4. The molecule has 2 fully saturated rings. The van der Waals surface area contributed by atoms with E-state index in [-0.39, 0.29) is 0 Å². The van der Waals surface area contributed by atoms with Crippen molar-refractivity contribution in [3.8, 4) is 11.5 Å². The van der Waals surface area contributed by atoms with Gasteiger partial charge in [-0.3, -0.25) is 14.8 Å². The number of hydrogen-bond acceptors (Lipinski definition) is 5. The number of piperidine rings is 1. The first-order valence-electron chi connectivity index (χ1n) is 10.2. The van der Waals surface area contributed by atoms with Crippen molar-refractivity contribution in [2.45, 2.75) is 32.4 Å². The van der Waals surface area contributed by atoms with Crippen LogP contribution in [-0.2, 0) is 13.1 Å². The van der Waals surface area contributed by atoms with E-state index in [4.69, 9.17) is 9.47 Å². The summed E-state index contributed by atoms with van der Waals surface area (Å²) in [5, 5.41) is 0. The highest BCUT2D eigenvalue weighted by Gasteiger charge is 2.41. The van der Waals surface area contributed by atoms with Gasteiger partial charge in [0.15, 0.2) is 11.5 Å². The first-order chi connectivity index (χ1) is 13.7. The Bertz CT molecular complexity index is 783. The first kappa shape index (κ1) is 19.2. The highest BCUT2D eigenvalue weighted by Crippen LogP contribution is 2.40. The van der Waals surface area contributed by atoms with E-state index in [9.17, 15) is 0 Å². The Labute approximate surface area is 168 Å². The van der Waals surface area contributed by atoms with E-state index in [0.29, 0.717) is 5.41 Å². The van der Waals surface area contributed by atoms with E-state index >= 15 is 0 Å². The number of methoxy groups -OCH3 is 2. The minimum absolute atomic E-state index is 0.423. The van der Waals surface area contributed by atoms with Crippen LogP contribution >= 0.6 is 0 Å². The normalized spacial score (nSPS) is 23.2. The molecular weight excluding hydrogens is 350 g/mol. The van der Waals surface area contributed by atoms with E-state index in [2.05, 4.69) is 33.0 Å². The Morgan fingerprint density at radius 1 is 0.964 bits per heavy atom. The quantitative estimate of drug-likeness (QED) is 0.765. The second-order valence-electron chi connectivity index (χ2n) is 8.29. The number of pyridine rings is 1. The zero-order valence-corrected chi connectivity index (χ0v) is 17.1. The van der Waals surface area contributed by atoms with Gasteiger partial charge in [0.05, 0.1) is 14.2 Å². The smallest absolute Gasteiger partial charge is 0.165 e. The maximum atomic E-state index is 5.64. The average Bonchev–Trinajstić information content (AvgIpc) is 3.10. The van der Waals surface area contributed by atoms with Gasteiger partial charge in [0.2, 0.25) is 0 Å². The Kier molecular flexibility index (Phi) is 5.83. The Hall–Kier alpha value is -2.11. The van der Waals surface area contributed by atoms with Gasteiger partial charge in [0, 0.05) is 44.1 Å². The molecule has 150 valence electrons. The van der Waals surface area contributed by atoms with Gasteiger partial charge < -0.3 is 9.47 Å². The number of rotatable bonds is 6. The van der Waals surface area contributed by atoms with Gasteiger partial charge in [-0.05, 0) is 55.5 Å². The molecule has 0 aliphatic carbocycles. The third kappa shape index (κ3) is 4.15. The third-order valence-corrected chi connectivity index (χ3v) is 6.27. The lowest BCUT2D eigenvalue weighted by atomic mass is 9.79. The zero-order valence-electron chi connectivity index (χ0n) is 17.1. The predicted octanol–water partition coefficient (Wildman–Crippen LogP) is 3.59. The first-order valence-corrected chi connectivity index (χ1v) is 10.2. The van der Waals surface area contributed by atoms with Crippen molar-refractivity contribution < 1.29 is 9.47 Å². The van der Waals surface area contributed by atoms with E-state index < -0.39 is 0 Å². The maximum Gasteiger partial charge on any atom is 0.165 e. The SMILES string of the molecule is COc1cccc(CN2CCCC3(CCN(Cc4cccnc4)C3)C2)c1OC. The second-order valence-corrected chi connectivity index (χ2v) is 8.29. The summed E-state index contributed by atoms with van der Waals surface area (Å²) < 4.78 is 11.1. The van der Waals surface area contributed by atoms with Crippen LogP contribution in [0.2, 0.25) is 0 Å². The molecule has 2 saturated heterocycles. The Morgan fingerprint density at radius 3 is 2.57 bits per heavy atom. The number of para-hydroxylation sites is 1. The molecule has 28 heavy (non-hydrogen) atoms. The van der Waals surface area contributed by atoms with Gasteiger partial charge in [0.25, 0.3) is 0 Å². The van der Waals surface area contributed by atoms with Crippen LogP contribution in [0.15, 0.2) is 42.7 Å². The molecule has 0 bridgehead atoms. The molecule has 0 amide bonds. The van der Waals surface area contributed by atoms with Crippen molar-refractivity contribution >= 4 is 0 Å². The fourth-order valence-corrected chi connectivity index (χ4v) is 5.01. The lowest BCUT2D eigenvalue weighted by molar-refractivity contribution is 0.0859. The molecule has 1 aromatic heterocycles. The van der Waals surface area contributed by atoms with Crippen molar-refractivity contribution in [2.75, 3.05) is 40.4 Å². The summed E-state index contributed by atoms with van der Waals surface area (Å²) in [4.78, 5) is 9.47. The van der Waals surface area contributed by atoms with Crippen molar-refractivity contribution in [3.05, 3.63) is 53.9 Å². The molecule has 0 N–H and O–H groups in total. The van der Waals surface area contributed by atoms with Crippen LogP contribution in [0.25, 0.3) is 0 Å². The third-order valence-electron chi connectivity index (χ3n) is 6.27. The van der Waals surface area contributed by atoms with Crippen molar-refractivity contribution in [3.63, 3.8) is 0 Å². The van der Waals surface area contributed by atoms with Gasteiger partial charge in [-0.25, -0.2) is 0 Å². The minimum atomic E-state index is 0.423. The van der Waals surface area contributed by atoms with Crippen molar-refractivity contribution in [1.29, 1.82) is 0 Å². The molecule has 1 spiro atoms. The van der Waals surface area contributed by atoms with Crippen LogP contribution in [0.1, 0.15) is 30.4 Å². The van der Waals surface area contributed by atoms with E-state index in [1.807, 2.05) is 24.5 Å². The van der Waals surface area contributed by atoms with E-state index in [1.165, 1.54) is 43.5 Å². The molecule has 5 nitrogen and oxygen atoms in total. The van der Waals surface area contributed by atoms with Crippen LogP contribution < -0.4 is 9.47 Å². The largest absolute Gasteiger partial charge is 0.493 e. The summed E-state index contributed by atoms with van der Waals surface area (Å²) in [7, 11) is 3.43. The lowest BCUT2D eigenvalue weighted by Crippen LogP contribution is -2.44. The molecule has 4 rings (SSSR count). The van der Waals surface area contributed by atoms with Gasteiger partial charge in [-0.1, -0.05) is 18.2 Å². The van der Waals surface area contributed by atoms with Gasteiger partial charge in [-0.15, -0.1) is 0 Å². The fraction of sp³-hybridized carbons (Fsp3) is 0.522. The average molecular weight is 382 g/mol. The summed E-state index contributed by atoms with van der Waals surface area (Å²) in [6, 6.07) is 10.4. The summed E-state index contributed by atoms with van der Waals surface area (Å²) >= 11 is 0. The van der Waals surface area contributed by atoms with Crippen molar-refractivity contribution in [1.82, 2.24) is 14.8 Å². The molecule has 1 atom stereocenters. The number of nitrogens with zero attached hydrogens (tertiary/aromatic N) is 3. The molecular formula is C23H31N3O2. The molecule has 2 aromatic rings. The van der Waals surface area contributed by atoms with Gasteiger partial charge in [0.1, 0.15) is 0 Å². The topological polar surface area (TPSA) is 37.8 Å². The summed E-state index contributed by atoms with van der Waals surface area (Å²) in [6.45, 7) is 6.63. The Morgan fingerprint density at radius 2 is 1.82 bits per heavy atom. The molecule has 5 heteroatoms. The second kappa shape index (κ2) is 8.50. The number of benzene rings is 1. The van der Waals surface area contributed by atoms with Gasteiger partial charge in [-0.2, -0.15) is 0 Å². The molecule has 3 heterocycles. The van der Waals surface area contributed by atoms with Crippen LogP contribution in [0.4, 0.5) is 0 Å². The molecule has 1 aromatic carbocycles. The molecule has 2 aliphatic heterocycles. The highest BCUT2D eigenvalue weighted by molar-refractivity contribution is 5.46. The lowest BCUT2D eigenvalue weighted by Gasteiger charge is -2.40. The monoisotopic (exact) mass is 381 g/mol. The van der Waals surface area contributed by atoms with Crippen LogP contribution in [0.3, 0.4) is 0 Å². The minimum Gasteiger partial charge on any atom is -0.493 e. The standard InChI is InChI=1S/C23H31N3O2/c1-27-21-8-3-7-20(22(21)28-2)16-25-12-5-9-23(17-25)10-13-26(18-23)15-19-6-4-11-24-14-19/h3-4,6-8,11,14H,5,9-10,12-13,15-18H2,1-2H3. The highest BCUT2D eigenvalue weighted by atomic mass is 16.5. The van der Waals surface area contributed by atoms with Crippen LogP contribution in [-0.4, -0.2) is 55.2 Å². The predicted molar refractivity (Wildman–Crippen MR) is 111 cm³/mol. The van der Waals surface area contributed by atoms with Crippen LogP contribution in [0.5, 0.6) is 11.5 Å².